The van der Waals surface area contributed by atoms with Crippen molar-refractivity contribution in [1.82, 2.24) is 0 Å². The Balaban J connectivity index is 1.14. The largest absolute Gasteiger partial charge is 0.462 e. The molecule has 4 aliphatic rings. The van der Waals surface area contributed by atoms with Crippen molar-refractivity contribution in [2.45, 2.75) is 277 Å². The average Bonchev–Trinajstić information content (AvgIpc) is 3.66. The summed E-state index contributed by atoms with van der Waals surface area (Å²) in [5.41, 5.74) is 1.46. The number of esters is 4. The smallest absolute Gasteiger partial charge is 0.319 e. The van der Waals surface area contributed by atoms with Crippen LogP contribution in [-0.2, 0) is 47.7 Å². The van der Waals surface area contributed by atoms with Crippen molar-refractivity contribution >= 4 is 29.7 Å². The minimum absolute atomic E-state index is 0.0178. The zero-order chi connectivity index (χ0) is 48.9. The van der Waals surface area contributed by atoms with Crippen LogP contribution in [0.15, 0.2) is 11.6 Å². The van der Waals surface area contributed by atoms with Crippen LogP contribution in [0.4, 0.5) is 0 Å². The lowest BCUT2D eigenvalue weighted by Crippen LogP contribution is -2.51. The van der Waals surface area contributed by atoms with Crippen molar-refractivity contribution < 1.29 is 47.7 Å². The molecule has 68 heavy (non-hydrogen) atoms. The number of rotatable bonds is 38. The number of hydrogen-bond donors (Lipinski definition) is 0. The molecule has 0 amide bonds. The molecular formula is C58H98O10. The monoisotopic (exact) mass is 955 g/mol. The maximum Gasteiger partial charge on any atom is 0.319 e. The molecule has 3 saturated carbocycles. The number of carbonyl (C=O) groups excluding carboxylic acids is 5. The third kappa shape index (κ3) is 20.5. The van der Waals surface area contributed by atoms with E-state index in [0.717, 1.165) is 83.5 Å². The maximum absolute atomic E-state index is 13.0. The van der Waals surface area contributed by atoms with Crippen molar-refractivity contribution in [2.75, 3.05) is 20.0 Å². The Bertz CT molecular complexity index is 1460. The Kier molecular flexibility index (Phi) is 28.1. The summed E-state index contributed by atoms with van der Waals surface area (Å²) in [6.45, 7) is 8.47. The van der Waals surface area contributed by atoms with Crippen LogP contribution in [0.25, 0.3) is 0 Å². The molecule has 6 atom stereocenters. The molecule has 10 nitrogen and oxygen atoms in total. The van der Waals surface area contributed by atoms with Crippen molar-refractivity contribution in [2.24, 2.45) is 28.6 Å². The van der Waals surface area contributed by atoms with E-state index < -0.39 is 24.5 Å². The quantitative estimate of drug-likeness (QED) is 0.0194. The van der Waals surface area contributed by atoms with E-state index >= 15 is 0 Å². The Morgan fingerprint density at radius 2 is 1.03 bits per heavy atom. The molecule has 0 bridgehead atoms. The first-order valence-corrected chi connectivity index (χ1v) is 28.5. The van der Waals surface area contributed by atoms with Crippen LogP contribution in [0, 0.1) is 28.6 Å². The van der Waals surface area contributed by atoms with Gasteiger partial charge >= 0.3 is 23.9 Å². The van der Waals surface area contributed by atoms with E-state index in [0.29, 0.717) is 24.2 Å². The zero-order valence-corrected chi connectivity index (χ0v) is 43.8. The molecular weight excluding hydrogens is 857 g/mol. The van der Waals surface area contributed by atoms with Crippen LogP contribution < -0.4 is 0 Å². The number of ketones is 1. The molecule has 4 aliphatic carbocycles. The fraction of sp³-hybridized carbons (Fsp3) is 0.879. The third-order valence-corrected chi connectivity index (χ3v) is 16.8. The predicted molar refractivity (Wildman–Crippen MR) is 270 cm³/mol. The summed E-state index contributed by atoms with van der Waals surface area (Å²) < 4.78 is 28.3. The molecule has 0 N–H and O–H groups in total. The van der Waals surface area contributed by atoms with Crippen LogP contribution in [-0.4, -0.2) is 61.9 Å². The van der Waals surface area contributed by atoms with Gasteiger partial charge in [-0.05, 0) is 92.4 Å². The van der Waals surface area contributed by atoms with Crippen LogP contribution in [0.2, 0.25) is 0 Å². The van der Waals surface area contributed by atoms with Crippen molar-refractivity contribution in [3.05, 3.63) is 11.6 Å². The molecule has 0 unspecified atom stereocenters. The standard InChI is InChI=1S/C58H98O10/c1-5-7-9-11-13-15-17-19-21-23-25-27-29-31-53(60)64-43-48(44-65-54(61)32-30-28-26-24-22-20-18-16-14-12-10-8-6-2)68-56(63)42-55(62)67-45-66-52-36-35-50-49-34-33-46-41-47(59)37-39-57(46,3)51(49)38-40-58(50,52)4/h41,48-52H,5-40,42-45H2,1-4H3/t49-,50-,51-,52-,57-,58-/m0/s1. The van der Waals surface area contributed by atoms with Gasteiger partial charge in [0.25, 0.3) is 0 Å². The van der Waals surface area contributed by atoms with E-state index in [-0.39, 0.29) is 67.5 Å². The molecule has 0 spiro atoms. The number of unbranched alkanes of at least 4 members (excludes halogenated alkanes) is 24. The van der Waals surface area contributed by atoms with Gasteiger partial charge in [-0.15, -0.1) is 0 Å². The molecule has 390 valence electrons. The molecule has 3 fully saturated rings. The highest BCUT2D eigenvalue weighted by atomic mass is 16.7. The van der Waals surface area contributed by atoms with Gasteiger partial charge in [0, 0.05) is 19.3 Å². The molecule has 0 aromatic heterocycles. The molecule has 0 aromatic rings. The normalized spacial score (nSPS) is 24.2. The van der Waals surface area contributed by atoms with Crippen molar-refractivity contribution in [3.8, 4) is 0 Å². The summed E-state index contributed by atoms with van der Waals surface area (Å²) in [5, 5.41) is 0. The molecule has 10 heteroatoms. The van der Waals surface area contributed by atoms with E-state index in [2.05, 4.69) is 27.7 Å². The highest BCUT2D eigenvalue weighted by Gasteiger charge is 2.59. The zero-order valence-electron chi connectivity index (χ0n) is 43.8. The van der Waals surface area contributed by atoms with E-state index in [1.54, 1.807) is 0 Å². The summed E-state index contributed by atoms with van der Waals surface area (Å²) in [5.74, 6) is -0.384. The molecule has 0 aromatic carbocycles. The van der Waals surface area contributed by atoms with Crippen LogP contribution in [0.3, 0.4) is 0 Å². The second-order valence-electron chi connectivity index (χ2n) is 22.0. The van der Waals surface area contributed by atoms with Gasteiger partial charge in [0.05, 0.1) is 6.10 Å². The molecule has 4 rings (SSSR count). The Labute approximate surface area is 413 Å². The Hall–Kier alpha value is -2.75. The van der Waals surface area contributed by atoms with Gasteiger partial charge in [0.2, 0.25) is 0 Å². The first-order valence-electron chi connectivity index (χ1n) is 28.5. The second kappa shape index (κ2) is 33.0. The van der Waals surface area contributed by atoms with Crippen molar-refractivity contribution in [1.29, 1.82) is 0 Å². The SMILES string of the molecule is CCCCCCCCCCCCCCCC(=O)OCC(COC(=O)CCCCCCCCCCCCCCC)OC(=O)CC(=O)OCO[C@H]1CC[C@H]2[C@@H]3CCC4=CC(=O)CC[C@]4(C)[C@H]3CC[C@]12C. The molecule has 0 radical (unpaired) electrons. The van der Waals surface area contributed by atoms with Gasteiger partial charge in [-0.1, -0.05) is 187 Å². The molecule has 0 aliphatic heterocycles. The second-order valence-corrected chi connectivity index (χ2v) is 22.0. The summed E-state index contributed by atoms with van der Waals surface area (Å²) in [7, 11) is 0. The predicted octanol–water partition coefficient (Wildman–Crippen LogP) is 14.8. The van der Waals surface area contributed by atoms with E-state index in [4.69, 9.17) is 23.7 Å². The van der Waals surface area contributed by atoms with Gasteiger partial charge < -0.3 is 23.7 Å². The summed E-state index contributed by atoms with van der Waals surface area (Å²) in [6.07, 6.45) is 40.2. The fourth-order valence-corrected chi connectivity index (χ4v) is 12.6. The highest BCUT2D eigenvalue weighted by molar-refractivity contribution is 5.92. The summed E-state index contributed by atoms with van der Waals surface area (Å²) >= 11 is 0. The third-order valence-electron chi connectivity index (χ3n) is 16.8. The van der Waals surface area contributed by atoms with Gasteiger partial charge in [-0.2, -0.15) is 0 Å². The lowest BCUT2D eigenvalue weighted by molar-refractivity contribution is -0.179. The van der Waals surface area contributed by atoms with E-state index in [9.17, 15) is 24.0 Å². The number of allylic oxidation sites excluding steroid dienone is 1. The minimum atomic E-state index is -1.04. The van der Waals surface area contributed by atoms with E-state index in [1.165, 1.54) is 134 Å². The summed E-state index contributed by atoms with van der Waals surface area (Å²) in [6, 6.07) is 0. The topological polar surface area (TPSA) is 132 Å². The van der Waals surface area contributed by atoms with E-state index in [1.807, 2.05) is 6.08 Å². The van der Waals surface area contributed by atoms with Crippen LogP contribution in [0.5, 0.6) is 0 Å². The van der Waals surface area contributed by atoms with Gasteiger partial charge in [0.1, 0.15) is 19.6 Å². The van der Waals surface area contributed by atoms with Crippen LogP contribution >= 0.6 is 0 Å². The fourth-order valence-electron chi connectivity index (χ4n) is 12.6. The lowest BCUT2D eigenvalue weighted by Gasteiger charge is -2.57. The maximum atomic E-state index is 13.0. The number of carbonyl (C=O) groups is 5. The Morgan fingerprint density at radius 1 is 0.544 bits per heavy atom. The summed E-state index contributed by atoms with van der Waals surface area (Å²) in [4.78, 5) is 63.6. The molecule has 0 saturated heterocycles. The highest BCUT2D eigenvalue weighted by Crippen LogP contribution is 2.65. The number of ether oxygens (including phenoxy) is 5. The Morgan fingerprint density at radius 3 is 1.53 bits per heavy atom. The van der Waals surface area contributed by atoms with Gasteiger partial charge in [0.15, 0.2) is 18.7 Å². The van der Waals surface area contributed by atoms with Crippen LogP contribution in [0.1, 0.15) is 265 Å². The number of hydrogen-bond acceptors (Lipinski definition) is 10. The average molecular weight is 955 g/mol. The lowest BCUT2D eigenvalue weighted by atomic mass is 9.47. The van der Waals surface area contributed by atoms with Gasteiger partial charge in [-0.25, -0.2) is 0 Å². The molecule has 0 heterocycles. The van der Waals surface area contributed by atoms with Gasteiger partial charge in [-0.3, -0.25) is 24.0 Å². The first-order chi connectivity index (χ1) is 33.0. The van der Waals surface area contributed by atoms with Crippen molar-refractivity contribution in [3.63, 3.8) is 0 Å². The number of fused-ring (bicyclic) bond motifs is 5. The minimum Gasteiger partial charge on any atom is -0.462 e. The first kappa shape index (κ1) is 57.8.